The molecule has 0 bridgehead atoms. The molecule has 0 saturated heterocycles. The molecule has 1 aromatic heterocycles. The van der Waals surface area contributed by atoms with Gasteiger partial charge < -0.3 is 10.1 Å². The molecule has 0 fully saturated rings. The van der Waals surface area contributed by atoms with Gasteiger partial charge in [-0.25, -0.2) is 5.43 Å². The highest BCUT2D eigenvalue weighted by molar-refractivity contribution is 9.10. The Morgan fingerprint density at radius 3 is 2.48 bits per heavy atom. The number of nitrogens with one attached hydrogen (secondary N) is 2. The molecule has 1 heterocycles. The number of hydrazone groups is 1. The molecule has 8 nitrogen and oxygen atoms in total. The summed E-state index contributed by atoms with van der Waals surface area (Å²) in [5.74, 6) is -0.0950. The average Bonchev–Trinajstić information content (AvgIpc) is 3.04. The highest BCUT2D eigenvalue weighted by Gasteiger charge is 2.17. The molecular formula is C23H23BrClN5O3. The maximum atomic E-state index is 12.4. The standard InChI is InChI=1S/C23H23BrClN5O3/c1-13-11-17(25)7-10-19(13)33-12-20(31)26-18-8-5-16(6-9-18)14(2)27-28-23(32)22-21(24)15(3)30(4)29-22/h5-11H,12H2,1-4H3,(H,26,31)(H,28,32)/b27-14-. The van der Waals surface area contributed by atoms with Gasteiger partial charge in [0.05, 0.1) is 15.9 Å². The van der Waals surface area contributed by atoms with Crippen LogP contribution in [0.2, 0.25) is 5.02 Å². The number of halogens is 2. The van der Waals surface area contributed by atoms with Gasteiger partial charge in [-0.15, -0.1) is 0 Å². The van der Waals surface area contributed by atoms with Crippen LogP contribution in [-0.2, 0) is 11.8 Å². The van der Waals surface area contributed by atoms with Crippen LogP contribution in [0.1, 0.15) is 34.2 Å². The quantitative estimate of drug-likeness (QED) is 0.343. The summed E-state index contributed by atoms with van der Waals surface area (Å²) in [5.41, 5.74) is 6.48. The van der Waals surface area contributed by atoms with Gasteiger partial charge in [-0.3, -0.25) is 14.3 Å². The summed E-state index contributed by atoms with van der Waals surface area (Å²) in [6, 6.07) is 12.3. The fourth-order valence-electron chi connectivity index (χ4n) is 2.89. The molecular weight excluding hydrogens is 510 g/mol. The lowest BCUT2D eigenvalue weighted by Gasteiger charge is -2.10. The normalized spacial score (nSPS) is 11.3. The Labute approximate surface area is 205 Å². The largest absolute Gasteiger partial charge is 0.483 e. The molecule has 3 rings (SSSR count). The summed E-state index contributed by atoms with van der Waals surface area (Å²) in [5, 5.41) is 11.7. The third-order valence-electron chi connectivity index (χ3n) is 4.88. The van der Waals surface area contributed by atoms with E-state index in [2.05, 4.69) is 36.9 Å². The van der Waals surface area contributed by atoms with Crippen molar-refractivity contribution < 1.29 is 14.3 Å². The molecule has 2 N–H and O–H groups in total. The summed E-state index contributed by atoms with van der Waals surface area (Å²) < 4.78 is 7.80. The number of hydrogen-bond acceptors (Lipinski definition) is 5. The maximum Gasteiger partial charge on any atom is 0.293 e. The number of ether oxygens (including phenoxy) is 1. The van der Waals surface area contributed by atoms with Crippen LogP contribution in [-0.4, -0.2) is 33.9 Å². The van der Waals surface area contributed by atoms with Crippen molar-refractivity contribution in [1.29, 1.82) is 0 Å². The van der Waals surface area contributed by atoms with E-state index in [1.54, 1.807) is 61.1 Å². The van der Waals surface area contributed by atoms with Gasteiger partial charge in [0.25, 0.3) is 11.8 Å². The van der Waals surface area contributed by atoms with Gasteiger partial charge in [0.1, 0.15) is 5.75 Å². The molecule has 3 aromatic rings. The molecule has 0 spiro atoms. The molecule has 2 amide bonds. The Kier molecular flexibility index (Phi) is 7.88. The van der Waals surface area contributed by atoms with Crippen molar-refractivity contribution in [3.05, 3.63) is 74.5 Å². The zero-order valence-electron chi connectivity index (χ0n) is 18.6. The molecule has 0 saturated carbocycles. The molecule has 33 heavy (non-hydrogen) atoms. The Hall–Kier alpha value is -3.17. The fourth-order valence-corrected chi connectivity index (χ4v) is 3.63. The van der Waals surface area contributed by atoms with Crippen molar-refractivity contribution >= 4 is 50.7 Å². The number of nitrogens with zero attached hydrogens (tertiary/aromatic N) is 3. The van der Waals surface area contributed by atoms with E-state index in [0.29, 0.717) is 26.6 Å². The Morgan fingerprint density at radius 2 is 1.88 bits per heavy atom. The second kappa shape index (κ2) is 10.6. The van der Waals surface area contributed by atoms with Gasteiger partial charge in [-0.1, -0.05) is 23.7 Å². The highest BCUT2D eigenvalue weighted by atomic mass is 79.9. The first-order valence-electron chi connectivity index (χ1n) is 9.98. The van der Waals surface area contributed by atoms with Crippen LogP contribution in [0.5, 0.6) is 5.75 Å². The summed E-state index contributed by atoms with van der Waals surface area (Å²) in [6.07, 6.45) is 0. The van der Waals surface area contributed by atoms with Gasteiger partial charge in [-0.05, 0) is 78.2 Å². The van der Waals surface area contributed by atoms with Crippen molar-refractivity contribution in [2.24, 2.45) is 12.1 Å². The van der Waals surface area contributed by atoms with E-state index < -0.39 is 5.91 Å². The zero-order chi connectivity index (χ0) is 24.1. The third kappa shape index (κ3) is 6.21. The fraction of sp³-hybridized carbons (Fsp3) is 0.217. The van der Waals surface area contributed by atoms with Crippen molar-refractivity contribution in [2.75, 3.05) is 11.9 Å². The van der Waals surface area contributed by atoms with Crippen LogP contribution in [0.15, 0.2) is 52.0 Å². The van der Waals surface area contributed by atoms with Gasteiger partial charge in [-0.2, -0.15) is 10.2 Å². The number of amides is 2. The lowest BCUT2D eigenvalue weighted by molar-refractivity contribution is -0.118. The monoisotopic (exact) mass is 531 g/mol. The lowest BCUT2D eigenvalue weighted by Crippen LogP contribution is -2.21. The van der Waals surface area contributed by atoms with Crippen LogP contribution in [0, 0.1) is 13.8 Å². The number of rotatable bonds is 7. The van der Waals surface area contributed by atoms with E-state index in [9.17, 15) is 9.59 Å². The van der Waals surface area contributed by atoms with Crippen molar-refractivity contribution in [3.63, 3.8) is 0 Å². The second-order valence-corrected chi connectivity index (χ2v) is 8.56. The molecule has 172 valence electrons. The van der Waals surface area contributed by atoms with Crippen LogP contribution in [0.3, 0.4) is 0 Å². The van der Waals surface area contributed by atoms with Crippen molar-refractivity contribution in [3.8, 4) is 5.75 Å². The van der Waals surface area contributed by atoms with Gasteiger partial charge in [0.2, 0.25) is 0 Å². The second-order valence-electron chi connectivity index (χ2n) is 7.33. The molecule has 0 aliphatic heterocycles. The Morgan fingerprint density at radius 1 is 1.18 bits per heavy atom. The molecule has 0 unspecified atom stereocenters. The number of carbonyl (C=O) groups excluding carboxylic acids is 2. The minimum Gasteiger partial charge on any atom is -0.483 e. The van der Waals surface area contributed by atoms with E-state index in [1.807, 2.05) is 13.8 Å². The maximum absolute atomic E-state index is 12.4. The Bertz CT molecular complexity index is 1220. The molecule has 0 radical (unpaired) electrons. The molecule has 10 heteroatoms. The minimum absolute atomic E-state index is 0.126. The first-order valence-corrected chi connectivity index (χ1v) is 11.2. The van der Waals surface area contributed by atoms with Crippen LogP contribution in [0.25, 0.3) is 0 Å². The van der Waals surface area contributed by atoms with E-state index in [1.165, 1.54) is 0 Å². The predicted octanol–water partition coefficient (Wildman–Crippen LogP) is 4.62. The summed E-state index contributed by atoms with van der Waals surface area (Å²) in [7, 11) is 1.76. The summed E-state index contributed by atoms with van der Waals surface area (Å²) in [4.78, 5) is 24.6. The van der Waals surface area contributed by atoms with Crippen molar-refractivity contribution in [1.82, 2.24) is 15.2 Å². The zero-order valence-corrected chi connectivity index (χ0v) is 20.9. The topological polar surface area (TPSA) is 97.6 Å². The van der Waals surface area contributed by atoms with E-state index >= 15 is 0 Å². The predicted molar refractivity (Wildman–Crippen MR) is 132 cm³/mol. The SMILES string of the molecule is C/C(=N/NC(=O)c1nn(C)c(C)c1Br)c1ccc(NC(=O)COc2ccc(Cl)cc2C)cc1. The number of hydrogen-bond donors (Lipinski definition) is 2. The third-order valence-corrected chi connectivity index (χ3v) is 6.07. The average molecular weight is 533 g/mol. The van der Waals surface area contributed by atoms with E-state index in [0.717, 1.165) is 16.8 Å². The summed E-state index contributed by atoms with van der Waals surface area (Å²) in [6.45, 7) is 5.36. The van der Waals surface area contributed by atoms with Crippen molar-refractivity contribution in [2.45, 2.75) is 20.8 Å². The first-order chi connectivity index (χ1) is 15.7. The molecule has 2 aromatic carbocycles. The number of aryl methyl sites for hydroxylation is 2. The first kappa shape index (κ1) is 24.5. The number of anilines is 1. The lowest BCUT2D eigenvalue weighted by atomic mass is 10.1. The highest BCUT2D eigenvalue weighted by Crippen LogP contribution is 2.22. The van der Waals surface area contributed by atoms with Crippen LogP contribution >= 0.6 is 27.5 Å². The Balaban J connectivity index is 1.55. The minimum atomic E-state index is -0.412. The number of benzene rings is 2. The van der Waals surface area contributed by atoms with Crippen LogP contribution in [0.4, 0.5) is 5.69 Å². The van der Waals surface area contributed by atoms with Gasteiger partial charge >= 0.3 is 0 Å². The molecule has 0 aliphatic rings. The molecule has 0 atom stereocenters. The van der Waals surface area contributed by atoms with E-state index in [-0.39, 0.29) is 18.2 Å². The number of aromatic nitrogens is 2. The smallest absolute Gasteiger partial charge is 0.293 e. The van der Waals surface area contributed by atoms with Gasteiger partial charge in [0, 0.05) is 17.8 Å². The van der Waals surface area contributed by atoms with Gasteiger partial charge in [0.15, 0.2) is 12.3 Å². The summed E-state index contributed by atoms with van der Waals surface area (Å²) >= 11 is 9.30. The number of carbonyl (C=O) groups is 2. The molecule has 0 aliphatic carbocycles. The van der Waals surface area contributed by atoms with Crippen LogP contribution < -0.4 is 15.5 Å². The van der Waals surface area contributed by atoms with E-state index in [4.69, 9.17) is 16.3 Å².